The number of aliphatic hydroxyl groups excluding tert-OH is 2. The first kappa shape index (κ1) is 27.9. The summed E-state index contributed by atoms with van der Waals surface area (Å²) in [5.74, 6) is -4.00. The summed E-state index contributed by atoms with van der Waals surface area (Å²) in [4.78, 5) is 13.4. The Morgan fingerprint density at radius 2 is 1.70 bits per heavy atom. The fraction of sp³-hybridized carbons (Fsp3) is 0.559. The Morgan fingerprint density at radius 1 is 1.02 bits per heavy atom. The normalized spacial score (nSPS) is 50.3. The van der Waals surface area contributed by atoms with Gasteiger partial charge in [-0.1, -0.05) is 69.0 Å². The van der Waals surface area contributed by atoms with E-state index in [1.807, 2.05) is 44.2 Å². The Labute approximate surface area is 250 Å². The lowest BCUT2D eigenvalue weighted by Gasteiger charge is -2.60. The summed E-state index contributed by atoms with van der Waals surface area (Å²) < 4.78 is 33.4. The molecule has 8 rings (SSSR count). The molecule has 43 heavy (non-hydrogen) atoms. The summed E-state index contributed by atoms with van der Waals surface area (Å²) in [7, 11) is 0. The lowest BCUT2D eigenvalue weighted by molar-refractivity contribution is -0.443. The number of esters is 1. The van der Waals surface area contributed by atoms with Gasteiger partial charge in [0.15, 0.2) is 0 Å². The maximum atomic E-state index is 13.4. The Morgan fingerprint density at radius 3 is 2.35 bits per heavy atom. The zero-order valence-electron chi connectivity index (χ0n) is 24.5. The number of fused-ring (bicyclic) bond motifs is 3. The van der Waals surface area contributed by atoms with E-state index in [-0.39, 0.29) is 11.8 Å². The first-order chi connectivity index (χ1) is 20.5. The molecule has 3 bridgehead atoms. The Balaban J connectivity index is 1.32. The Bertz CT molecular complexity index is 1480. The summed E-state index contributed by atoms with van der Waals surface area (Å²) in [6.07, 6.45) is -3.06. The van der Waals surface area contributed by atoms with Crippen molar-refractivity contribution in [3.05, 3.63) is 83.9 Å². The van der Waals surface area contributed by atoms with Crippen molar-refractivity contribution in [1.82, 2.24) is 0 Å². The van der Waals surface area contributed by atoms with E-state index in [0.717, 1.165) is 5.57 Å². The molecule has 3 aliphatic heterocycles. The standard InChI is InChI=1S/C34H38O9/c1-18(2)30-16-20(4)33-23-15-19(3)25(39-28(36)21-11-7-5-8-12-21)32(23,38)29(37)31(17-35)27(40-31)24(33)26(30)41-34(42-30,43-33)22-13-9-6-10-14-22/h5-14,19-20,23-27,29,35,37-38H,1,15-17H2,2-4H3/t19-,20+,23+,24+,25-,26+,27-,29+,30+,31-,32+,33-,34?/m0/s1. The lowest BCUT2D eigenvalue weighted by Crippen LogP contribution is -2.72. The SMILES string of the molecule is C=C(C)[C@]12C[C@@H](C)[C@@]34OC(c5ccccc5)(O[C@@H]1[C@@H]3[C@@H]1O[C@]1(CO)[C@@H](O)[C@@]1(O)[C@H]4C[C@H](C)[C@@H]1OC(=O)c1ccccc1)O2. The highest BCUT2D eigenvalue weighted by atomic mass is 16.9. The molecule has 9 heteroatoms. The summed E-state index contributed by atoms with van der Waals surface area (Å²) in [6, 6.07) is 18.1. The predicted octanol–water partition coefficient (Wildman–Crippen LogP) is 3.07. The van der Waals surface area contributed by atoms with Crippen LogP contribution < -0.4 is 0 Å². The van der Waals surface area contributed by atoms with Crippen LogP contribution in [0.4, 0.5) is 0 Å². The van der Waals surface area contributed by atoms with Crippen molar-refractivity contribution in [3.8, 4) is 0 Å². The number of hydrogen-bond donors (Lipinski definition) is 3. The van der Waals surface area contributed by atoms with Crippen LogP contribution in [0.5, 0.6) is 0 Å². The van der Waals surface area contributed by atoms with Gasteiger partial charge in [-0.15, -0.1) is 0 Å². The molecule has 13 atom stereocenters. The molecular weight excluding hydrogens is 552 g/mol. The van der Waals surface area contributed by atoms with E-state index >= 15 is 0 Å². The van der Waals surface area contributed by atoms with Crippen LogP contribution in [-0.2, 0) is 29.7 Å². The molecule has 2 aromatic rings. The molecule has 0 aromatic heterocycles. The van der Waals surface area contributed by atoms with Crippen LogP contribution in [0.2, 0.25) is 0 Å². The number of epoxide rings is 1. The first-order valence-electron chi connectivity index (χ1n) is 15.2. The fourth-order valence-electron chi connectivity index (χ4n) is 9.71. The smallest absolute Gasteiger partial charge is 0.338 e. The highest BCUT2D eigenvalue weighted by Crippen LogP contribution is 2.75. The van der Waals surface area contributed by atoms with Crippen molar-refractivity contribution in [2.24, 2.45) is 23.7 Å². The summed E-state index contributed by atoms with van der Waals surface area (Å²) >= 11 is 0. The van der Waals surface area contributed by atoms with Crippen molar-refractivity contribution >= 4 is 5.97 Å². The van der Waals surface area contributed by atoms with E-state index in [0.29, 0.717) is 24.0 Å². The third-order valence-electron chi connectivity index (χ3n) is 11.6. The van der Waals surface area contributed by atoms with Gasteiger partial charge >= 0.3 is 11.9 Å². The largest absolute Gasteiger partial charge is 0.455 e. The van der Waals surface area contributed by atoms with Gasteiger partial charge < -0.3 is 39.0 Å². The zero-order chi connectivity index (χ0) is 30.2. The van der Waals surface area contributed by atoms with Gasteiger partial charge in [0.05, 0.1) is 17.8 Å². The minimum atomic E-state index is -2.01. The van der Waals surface area contributed by atoms with E-state index in [1.165, 1.54) is 0 Å². The van der Waals surface area contributed by atoms with Gasteiger partial charge in [0, 0.05) is 17.4 Å². The van der Waals surface area contributed by atoms with Crippen molar-refractivity contribution in [1.29, 1.82) is 0 Å². The first-order valence-corrected chi connectivity index (χ1v) is 15.2. The van der Waals surface area contributed by atoms with Crippen LogP contribution in [0, 0.1) is 23.7 Å². The Kier molecular flexibility index (Phi) is 5.68. The van der Waals surface area contributed by atoms with Gasteiger partial charge in [0.2, 0.25) is 0 Å². The molecule has 0 spiro atoms. The highest BCUT2D eigenvalue weighted by molar-refractivity contribution is 5.89. The van der Waals surface area contributed by atoms with Gasteiger partial charge in [-0.25, -0.2) is 4.79 Å². The predicted molar refractivity (Wildman–Crippen MR) is 151 cm³/mol. The fourth-order valence-corrected chi connectivity index (χ4v) is 9.71. The topological polar surface area (TPSA) is 127 Å². The van der Waals surface area contributed by atoms with E-state index in [4.69, 9.17) is 23.7 Å². The molecule has 0 radical (unpaired) electrons. The lowest BCUT2D eigenvalue weighted by atomic mass is 9.54. The molecule has 3 saturated carbocycles. The van der Waals surface area contributed by atoms with Crippen LogP contribution >= 0.6 is 0 Å². The molecule has 3 N–H and O–H groups in total. The van der Waals surface area contributed by atoms with Crippen LogP contribution in [0.3, 0.4) is 0 Å². The molecule has 9 nitrogen and oxygen atoms in total. The third kappa shape index (κ3) is 3.19. The summed E-state index contributed by atoms with van der Waals surface area (Å²) in [5, 5.41) is 35.9. The number of benzene rings is 2. The van der Waals surface area contributed by atoms with Gasteiger partial charge in [0.1, 0.15) is 41.2 Å². The molecule has 6 fully saturated rings. The van der Waals surface area contributed by atoms with E-state index in [1.54, 1.807) is 30.3 Å². The zero-order valence-corrected chi connectivity index (χ0v) is 24.5. The van der Waals surface area contributed by atoms with E-state index < -0.39 is 77.2 Å². The second-order valence-corrected chi connectivity index (χ2v) is 13.7. The van der Waals surface area contributed by atoms with E-state index in [2.05, 4.69) is 13.5 Å². The van der Waals surface area contributed by atoms with Crippen LogP contribution in [0.1, 0.15) is 49.5 Å². The molecule has 3 saturated heterocycles. The number of hydrogen-bond acceptors (Lipinski definition) is 9. The second kappa shape index (κ2) is 8.75. The van der Waals surface area contributed by atoms with Gasteiger partial charge in [-0.05, 0) is 49.3 Å². The number of carbonyl (C=O) groups is 1. The third-order valence-corrected chi connectivity index (χ3v) is 11.6. The Hall–Kier alpha value is -2.63. The summed E-state index contributed by atoms with van der Waals surface area (Å²) in [6.45, 7) is 9.70. The minimum absolute atomic E-state index is 0.224. The average Bonchev–Trinajstić information content (AvgIpc) is 3.64. The van der Waals surface area contributed by atoms with Gasteiger partial charge in [0.25, 0.3) is 0 Å². The van der Waals surface area contributed by atoms with Crippen molar-refractivity contribution < 1.29 is 43.8 Å². The molecular formula is C34H38O9. The molecule has 2 aromatic carbocycles. The monoisotopic (exact) mass is 590 g/mol. The molecule has 1 unspecified atom stereocenters. The average molecular weight is 591 g/mol. The van der Waals surface area contributed by atoms with E-state index in [9.17, 15) is 20.1 Å². The molecule has 0 amide bonds. The maximum absolute atomic E-state index is 13.4. The number of aliphatic hydroxyl groups is 3. The number of ether oxygens (including phenoxy) is 5. The van der Waals surface area contributed by atoms with Crippen molar-refractivity contribution in [2.75, 3.05) is 6.61 Å². The second-order valence-electron chi connectivity index (χ2n) is 13.7. The van der Waals surface area contributed by atoms with Crippen molar-refractivity contribution in [3.63, 3.8) is 0 Å². The van der Waals surface area contributed by atoms with Gasteiger partial charge in [-0.2, -0.15) is 0 Å². The molecule has 228 valence electrons. The number of carbonyl (C=O) groups excluding carboxylic acids is 1. The van der Waals surface area contributed by atoms with Crippen LogP contribution in [-0.4, -0.2) is 74.7 Å². The molecule has 3 aliphatic carbocycles. The quantitative estimate of drug-likeness (QED) is 0.274. The number of rotatable bonds is 5. The van der Waals surface area contributed by atoms with Crippen LogP contribution in [0.15, 0.2) is 72.8 Å². The summed E-state index contributed by atoms with van der Waals surface area (Å²) in [5.41, 5.74) is -3.78. The molecule has 3 heterocycles. The van der Waals surface area contributed by atoms with Gasteiger partial charge in [-0.3, -0.25) is 0 Å². The highest BCUT2D eigenvalue weighted by Gasteiger charge is 2.89. The van der Waals surface area contributed by atoms with Crippen molar-refractivity contribution in [2.45, 2.75) is 86.4 Å². The maximum Gasteiger partial charge on any atom is 0.338 e. The molecule has 6 aliphatic rings. The van der Waals surface area contributed by atoms with Crippen LogP contribution in [0.25, 0.3) is 0 Å². The minimum Gasteiger partial charge on any atom is -0.455 e.